The molecule has 2 N–H and O–H groups in total. The number of nitrogens with zero attached hydrogens (tertiary/aromatic N) is 2. The van der Waals surface area contributed by atoms with Crippen molar-refractivity contribution in [1.29, 1.82) is 0 Å². The maximum absolute atomic E-state index is 12.5. The van der Waals surface area contributed by atoms with Gasteiger partial charge in [-0.1, -0.05) is 24.3 Å². The molecule has 1 atom stereocenters. The third-order valence-corrected chi connectivity index (χ3v) is 6.34. The number of amides is 1. The zero-order chi connectivity index (χ0) is 26.7. The van der Waals surface area contributed by atoms with Gasteiger partial charge in [-0.25, -0.2) is 9.97 Å². The summed E-state index contributed by atoms with van der Waals surface area (Å²) < 4.78 is 17.4. The van der Waals surface area contributed by atoms with E-state index in [9.17, 15) is 9.59 Å². The molecule has 1 unspecified atom stereocenters. The van der Waals surface area contributed by atoms with Crippen LogP contribution < -0.4 is 16.1 Å². The first-order chi connectivity index (χ1) is 16.7. The minimum absolute atomic E-state index is 0.174. The van der Waals surface area contributed by atoms with Gasteiger partial charge in [0.05, 0.1) is 17.2 Å². The van der Waals surface area contributed by atoms with Gasteiger partial charge in [0, 0.05) is 23.4 Å². The number of hydrogen-bond acceptors (Lipinski definition) is 8. The van der Waals surface area contributed by atoms with Crippen LogP contribution in [0.5, 0.6) is 0 Å². The van der Waals surface area contributed by atoms with Crippen molar-refractivity contribution in [3.05, 3.63) is 42.2 Å². The van der Waals surface area contributed by atoms with Crippen LogP contribution in [0.4, 0.5) is 0 Å². The van der Waals surface area contributed by atoms with Gasteiger partial charge in [0.25, 0.3) is 0 Å². The standard InChI is InChI=1S/C26H37BN4O5/c1-24(2,3)34-21(32)16-31-23(33)20(28-8)13-17-9-11-18(12-10-17)22-29-14-19(15-30-22)27-35-25(4,5)26(6,7)36-27/h9-12,14-15,20,28H,13,16H2,1-8H3,(H,31,33). The zero-order valence-corrected chi connectivity index (χ0v) is 22.5. The van der Waals surface area contributed by atoms with Gasteiger partial charge in [-0.15, -0.1) is 0 Å². The lowest BCUT2D eigenvalue weighted by atomic mass is 9.81. The van der Waals surface area contributed by atoms with E-state index in [1.165, 1.54) is 0 Å². The minimum atomic E-state index is -0.595. The molecule has 2 aromatic rings. The summed E-state index contributed by atoms with van der Waals surface area (Å²) in [5, 5.41) is 5.64. The topological polar surface area (TPSA) is 112 Å². The fourth-order valence-corrected chi connectivity index (χ4v) is 3.60. The van der Waals surface area contributed by atoms with Crippen LogP contribution in [0.1, 0.15) is 54.0 Å². The fourth-order valence-electron chi connectivity index (χ4n) is 3.60. The molecule has 1 aliphatic heterocycles. The Balaban J connectivity index is 1.58. The van der Waals surface area contributed by atoms with Crippen molar-refractivity contribution in [1.82, 2.24) is 20.6 Å². The number of benzene rings is 1. The van der Waals surface area contributed by atoms with E-state index < -0.39 is 35.9 Å². The summed E-state index contributed by atoms with van der Waals surface area (Å²) in [7, 11) is 1.20. The average molecular weight is 496 g/mol. The Morgan fingerprint density at radius 1 is 1.03 bits per heavy atom. The molecule has 3 rings (SSSR count). The van der Waals surface area contributed by atoms with E-state index in [1.807, 2.05) is 52.0 Å². The molecule has 194 valence electrons. The number of esters is 1. The lowest BCUT2D eigenvalue weighted by Crippen LogP contribution is -2.46. The first kappa shape index (κ1) is 27.8. The lowest BCUT2D eigenvalue weighted by molar-refractivity contribution is -0.154. The van der Waals surface area contributed by atoms with E-state index in [1.54, 1.807) is 40.2 Å². The van der Waals surface area contributed by atoms with Crippen LogP contribution in [0.2, 0.25) is 0 Å². The molecule has 0 radical (unpaired) electrons. The zero-order valence-electron chi connectivity index (χ0n) is 22.5. The Labute approximate surface area is 213 Å². The quantitative estimate of drug-likeness (QED) is 0.422. The highest BCUT2D eigenvalue weighted by molar-refractivity contribution is 6.61. The summed E-state index contributed by atoms with van der Waals surface area (Å²) in [6, 6.07) is 7.22. The van der Waals surface area contributed by atoms with Crippen molar-refractivity contribution in [2.45, 2.75) is 77.7 Å². The van der Waals surface area contributed by atoms with E-state index in [-0.39, 0.29) is 12.5 Å². The number of ether oxygens (including phenoxy) is 1. The summed E-state index contributed by atoms with van der Waals surface area (Å²) >= 11 is 0. The third kappa shape index (κ3) is 6.90. The molecule has 0 saturated carbocycles. The Hall–Kier alpha value is -2.82. The summed E-state index contributed by atoms with van der Waals surface area (Å²) in [5.41, 5.74) is 1.13. The number of hydrogen-bond donors (Lipinski definition) is 2. The highest BCUT2D eigenvalue weighted by Gasteiger charge is 2.51. The Morgan fingerprint density at radius 3 is 2.08 bits per heavy atom. The third-order valence-electron chi connectivity index (χ3n) is 6.34. The first-order valence-electron chi connectivity index (χ1n) is 12.1. The van der Waals surface area contributed by atoms with E-state index >= 15 is 0 Å². The number of nitrogens with one attached hydrogen (secondary N) is 2. The maximum Gasteiger partial charge on any atom is 0.498 e. The van der Waals surface area contributed by atoms with E-state index in [2.05, 4.69) is 20.6 Å². The van der Waals surface area contributed by atoms with Gasteiger partial charge in [0.1, 0.15) is 12.1 Å². The first-order valence-corrected chi connectivity index (χ1v) is 12.1. The van der Waals surface area contributed by atoms with Crippen LogP contribution in [0.15, 0.2) is 36.7 Å². The SMILES string of the molecule is CNC(Cc1ccc(-c2ncc(B3OC(C)(C)C(C)(C)O3)cn2)cc1)C(=O)NCC(=O)OC(C)(C)C. The molecule has 1 aromatic carbocycles. The van der Waals surface area contributed by atoms with Gasteiger partial charge in [-0.2, -0.15) is 0 Å². The normalized spacial score (nSPS) is 17.5. The minimum Gasteiger partial charge on any atom is -0.459 e. The highest BCUT2D eigenvalue weighted by atomic mass is 16.7. The highest BCUT2D eigenvalue weighted by Crippen LogP contribution is 2.36. The predicted molar refractivity (Wildman–Crippen MR) is 139 cm³/mol. The van der Waals surface area contributed by atoms with Crippen molar-refractivity contribution in [3.8, 4) is 11.4 Å². The molecule has 36 heavy (non-hydrogen) atoms. The largest absolute Gasteiger partial charge is 0.498 e. The molecule has 1 aromatic heterocycles. The van der Waals surface area contributed by atoms with Gasteiger partial charge >= 0.3 is 13.1 Å². The van der Waals surface area contributed by atoms with Crippen LogP contribution in [0.3, 0.4) is 0 Å². The molecule has 1 aliphatic rings. The average Bonchev–Trinajstić information content (AvgIpc) is 3.02. The maximum atomic E-state index is 12.5. The summed E-state index contributed by atoms with van der Waals surface area (Å²) in [6.07, 6.45) is 3.91. The molecule has 0 aliphatic carbocycles. The monoisotopic (exact) mass is 496 g/mol. The Kier molecular flexibility index (Phi) is 8.22. The predicted octanol–water partition coefficient (Wildman–Crippen LogP) is 2.03. The van der Waals surface area contributed by atoms with E-state index in [0.717, 1.165) is 16.6 Å². The number of carbonyl (C=O) groups is 2. The van der Waals surface area contributed by atoms with Crippen LogP contribution in [-0.2, 0) is 30.1 Å². The van der Waals surface area contributed by atoms with Crippen LogP contribution in [0, 0.1) is 0 Å². The van der Waals surface area contributed by atoms with Gasteiger partial charge in [0.2, 0.25) is 5.91 Å². The van der Waals surface area contributed by atoms with Gasteiger partial charge in [-0.3, -0.25) is 9.59 Å². The second-order valence-electron chi connectivity index (χ2n) is 11.0. The summed E-state index contributed by atoms with van der Waals surface area (Å²) in [4.78, 5) is 33.4. The number of rotatable bonds is 8. The molecular formula is C26H37BN4O5. The van der Waals surface area contributed by atoms with E-state index in [4.69, 9.17) is 14.0 Å². The van der Waals surface area contributed by atoms with Crippen molar-refractivity contribution in [3.63, 3.8) is 0 Å². The van der Waals surface area contributed by atoms with Crippen LogP contribution in [-0.4, -0.2) is 65.4 Å². The molecule has 1 saturated heterocycles. The van der Waals surface area contributed by atoms with Gasteiger partial charge in [0.15, 0.2) is 5.82 Å². The second-order valence-corrected chi connectivity index (χ2v) is 11.0. The van der Waals surface area contributed by atoms with Gasteiger partial charge in [-0.05, 0) is 67.5 Å². The molecule has 10 heteroatoms. The molecule has 0 spiro atoms. The van der Waals surface area contributed by atoms with Crippen LogP contribution >= 0.6 is 0 Å². The number of aromatic nitrogens is 2. The van der Waals surface area contributed by atoms with E-state index in [0.29, 0.717) is 12.2 Å². The molecule has 1 fully saturated rings. The number of likely N-dealkylation sites (N-methyl/N-ethyl adjacent to an activating group) is 1. The molecule has 9 nitrogen and oxygen atoms in total. The Morgan fingerprint density at radius 2 is 1.58 bits per heavy atom. The number of carbonyl (C=O) groups excluding carboxylic acids is 2. The lowest BCUT2D eigenvalue weighted by Gasteiger charge is -2.32. The van der Waals surface area contributed by atoms with Crippen molar-refractivity contribution in [2.24, 2.45) is 0 Å². The fraction of sp³-hybridized carbons (Fsp3) is 0.538. The molecule has 0 bridgehead atoms. The van der Waals surface area contributed by atoms with Crippen molar-refractivity contribution in [2.75, 3.05) is 13.6 Å². The van der Waals surface area contributed by atoms with Crippen LogP contribution in [0.25, 0.3) is 11.4 Å². The Bertz CT molecular complexity index is 1050. The summed E-state index contributed by atoms with van der Waals surface area (Å²) in [6.45, 7) is 13.2. The second kappa shape index (κ2) is 10.7. The summed E-state index contributed by atoms with van der Waals surface area (Å²) in [5.74, 6) is -0.157. The van der Waals surface area contributed by atoms with Crippen molar-refractivity contribution >= 4 is 24.5 Å². The smallest absolute Gasteiger partial charge is 0.459 e. The molecule has 2 heterocycles. The molecule has 1 amide bonds. The molecular weight excluding hydrogens is 459 g/mol. The van der Waals surface area contributed by atoms with Crippen molar-refractivity contribution < 1.29 is 23.6 Å². The van der Waals surface area contributed by atoms with Gasteiger partial charge < -0.3 is 24.7 Å².